The van der Waals surface area contributed by atoms with E-state index < -0.39 is 59.2 Å². The molecule has 16 heteroatoms. The molecule has 1 amide bonds. The summed E-state index contributed by atoms with van der Waals surface area (Å²) in [5.41, 5.74) is 0. The van der Waals surface area contributed by atoms with Crippen molar-refractivity contribution in [1.29, 1.82) is 0 Å². The first kappa shape index (κ1) is 27.9. The van der Waals surface area contributed by atoms with Gasteiger partial charge in [-0.2, -0.15) is 57.1 Å². The summed E-state index contributed by atoms with van der Waals surface area (Å²) in [7, 11) is 1.15. The zero-order chi connectivity index (χ0) is 23.9. The first-order valence-corrected chi connectivity index (χ1v) is 8.34. The third kappa shape index (κ3) is 4.81. The maximum atomic E-state index is 13.5. The van der Waals surface area contributed by atoms with Crippen LogP contribution in [0.4, 0.5) is 57.1 Å². The molecule has 0 aromatic heterocycles. The van der Waals surface area contributed by atoms with Gasteiger partial charge in [0.1, 0.15) is 0 Å². The van der Waals surface area contributed by atoms with Crippen molar-refractivity contribution in [2.45, 2.75) is 61.4 Å². The van der Waals surface area contributed by atoms with Crippen LogP contribution in [-0.2, 0) is 4.79 Å². The van der Waals surface area contributed by atoms with Gasteiger partial charge in [-0.3, -0.25) is 4.79 Å². The molecular formula is C13H14F13NOS. The van der Waals surface area contributed by atoms with Crippen LogP contribution in [0.1, 0.15) is 20.3 Å². The summed E-state index contributed by atoms with van der Waals surface area (Å²) in [6.45, 7) is 2.23. The number of carbonyl (C=O) groups is 1. The monoisotopic (exact) mass is 479 g/mol. The molecule has 0 bridgehead atoms. The van der Waals surface area contributed by atoms with Gasteiger partial charge in [-0.25, -0.2) is 0 Å². The predicted octanol–water partition coefficient (Wildman–Crippen LogP) is 5.67. The highest BCUT2D eigenvalue weighted by Gasteiger charge is 2.90. The van der Waals surface area contributed by atoms with E-state index in [0.717, 1.165) is 18.9 Å². The minimum absolute atomic E-state index is 0.315. The van der Waals surface area contributed by atoms with Crippen molar-refractivity contribution < 1.29 is 61.9 Å². The second-order valence-electron chi connectivity index (χ2n) is 5.85. The molecule has 0 spiro atoms. The van der Waals surface area contributed by atoms with Crippen LogP contribution < -0.4 is 0 Å². The fraction of sp³-hybridized carbons (Fsp3) is 0.923. The standard InChI is InChI=1S/C13H14F13NOS/c1-6(28)27(3)7(2)29-5-4-8(14,15)9(16,17)10(18,19)11(20,21)12(22,23)13(24,25)26/h7H,4-5H2,1-3H3/t7-/m1/s1. The van der Waals surface area contributed by atoms with Gasteiger partial charge < -0.3 is 4.90 Å². The van der Waals surface area contributed by atoms with Gasteiger partial charge in [0, 0.05) is 26.1 Å². The highest BCUT2D eigenvalue weighted by atomic mass is 32.2. The Morgan fingerprint density at radius 2 is 1.17 bits per heavy atom. The predicted molar refractivity (Wildman–Crippen MR) is 75.8 cm³/mol. The fourth-order valence-electron chi connectivity index (χ4n) is 1.68. The lowest BCUT2D eigenvalue weighted by atomic mass is 9.93. The Morgan fingerprint density at radius 1 is 0.793 bits per heavy atom. The molecule has 0 fully saturated rings. The number of alkyl halides is 13. The second-order valence-corrected chi connectivity index (χ2v) is 7.27. The van der Waals surface area contributed by atoms with Crippen LogP contribution in [0.5, 0.6) is 0 Å². The maximum absolute atomic E-state index is 13.5. The summed E-state index contributed by atoms with van der Waals surface area (Å²) >= 11 is 0.315. The molecule has 29 heavy (non-hydrogen) atoms. The van der Waals surface area contributed by atoms with Gasteiger partial charge in [0.05, 0.1) is 5.37 Å². The van der Waals surface area contributed by atoms with Crippen LogP contribution in [0.3, 0.4) is 0 Å². The molecular weight excluding hydrogens is 465 g/mol. The van der Waals surface area contributed by atoms with E-state index in [0.29, 0.717) is 11.8 Å². The number of thioether (sulfide) groups is 1. The number of nitrogens with zero attached hydrogens (tertiary/aromatic N) is 1. The van der Waals surface area contributed by atoms with Gasteiger partial charge in [-0.15, -0.1) is 11.8 Å². The van der Waals surface area contributed by atoms with Crippen molar-refractivity contribution in [2.75, 3.05) is 12.8 Å². The molecule has 0 saturated heterocycles. The highest BCUT2D eigenvalue weighted by Crippen LogP contribution is 2.60. The summed E-state index contributed by atoms with van der Waals surface area (Å²) < 4.78 is 168. The minimum atomic E-state index is -7.89. The smallest absolute Gasteiger partial charge is 0.334 e. The Bertz CT molecular complexity index is 590. The van der Waals surface area contributed by atoms with Crippen molar-refractivity contribution in [2.24, 2.45) is 0 Å². The van der Waals surface area contributed by atoms with Crippen molar-refractivity contribution in [1.82, 2.24) is 4.90 Å². The van der Waals surface area contributed by atoms with Gasteiger partial charge >= 0.3 is 35.8 Å². The Labute approximate surface area is 159 Å². The molecule has 0 radical (unpaired) electrons. The second kappa shape index (κ2) is 8.21. The first-order chi connectivity index (χ1) is 12.5. The molecule has 0 aliphatic rings. The van der Waals surface area contributed by atoms with E-state index in [1.807, 2.05) is 0 Å². The number of halogens is 13. The van der Waals surface area contributed by atoms with Crippen LogP contribution in [0.15, 0.2) is 0 Å². The van der Waals surface area contributed by atoms with Gasteiger partial charge in [-0.1, -0.05) is 0 Å². The van der Waals surface area contributed by atoms with E-state index in [-0.39, 0.29) is 0 Å². The summed E-state index contributed by atoms with van der Waals surface area (Å²) in [6, 6.07) is 0. The van der Waals surface area contributed by atoms with E-state index in [4.69, 9.17) is 0 Å². The highest BCUT2D eigenvalue weighted by molar-refractivity contribution is 7.99. The quantitative estimate of drug-likeness (QED) is 0.314. The summed E-state index contributed by atoms with van der Waals surface area (Å²) in [5.74, 6) is -38.5. The van der Waals surface area contributed by atoms with Crippen LogP contribution in [0, 0.1) is 0 Å². The minimum Gasteiger partial charge on any atom is -0.334 e. The van der Waals surface area contributed by atoms with Crippen molar-refractivity contribution in [3.8, 4) is 0 Å². The first-order valence-electron chi connectivity index (χ1n) is 7.30. The van der Waals surface area contributed by atoms with Gasteiger partial charge in [0.15, 0.2) is 0 Å². The van der Waals surface area contributed by atoms with Crippen LogP contribution in [0.25, 0.3) is 0 Å². The van der Waals surface area contributed by atoms with E-state index in [1.54, 1.807) is 0 Å². The molecule has 0 aromatic carbocycles. The molecule has 2 nitrogen and oxygen atoms in total. The summed E-state index contributed by atoms with van der Waals surface area (Å²) in [5, 5.41) is -0.964. The van der Waals surface area contributed by atoms with E-state index >= 15 is 0 Å². The zero-order valence-electron chi connectivity index (χ0n) is 14.7. The summed E-state index contributed by atoms with van der Waals surface area (Å²) in [6.07, 6.45) is -9.71. The third-order valence-corrected chi connectivity index (χ3v) is 5.05. The van der Waals surface area contributed by atoms with Crippen molar-refractivity contribution in [3.63, 3.8) is 0 Å². The zero-order valence-corrected chi connectivity index (χ0v) is 15.5. The Hall–Kier alpha value is -1.09. The largest absolute Gasteiger partial charge is 0.460 e. The molecule has 0 aromatic rings. The number of rotatable bonds is 9. The third-order valence-electron chi connectivity index (χ3n) is 3.82. The Balaban J connectivity index is 5.68. The molecule has 174 valence electrons. The molecule has 1 atom stereocenters. The Kier molecular flexibility index (Phi) is 7.90. The van der Waals surface area contributed by atoms with E-state index in [9.17, 15) is 61.9 Å². The van der Waals surface area contributed by atoms with E-state index in [2.05, 4.69) is 0 Å². The van der Waals surface area contributed by atoms with Gasteiger partial charge in [0.2, 0.25) is 5.91 Å². The normalized spacial score (nSPS) is 16.0. The van der Waals surface area contributed by atoms with E-state index in [1.165, 1.54) is 6.92 Å². The number of hydrogen-bond donors (Lipinski definition) is 0. The van der Waals surface area contributed by atoms with Crippen LogP contribution in [-0.4, -0.2) is 64.8 Å². The van der Waals surface area contributed by atoms with Crippen LogP contribution in [0.2, 0.25) is 0 Å². The lowest BCUT2D eigenvalue weighted by Gasteiger charge is -2.39. The molecule has 0 saturated carbocycles. The number of amides is 1. The molecule has 0 rings (SSSR count). The average molecular weight is 479 g/mol. The lowest BCUT2D eigenvalue weighted by molar-refractivity contribution is -0.439. The molecule has 0 unspecified atom stereocenters. The fourth-order valence-corrected chi connectivity index (χ4v) is 2.77. The maximum Gasteiger partial charge on any atom is 0.460 e. The molecule has 0 N–H and O–H groups in total. The Morgan fingerprint density at radius 3 is 1.52 bits per heavy atom. The average Bonchev–Trinajstić information content (AvgIpc) is 2.51. The summed E-state index contributed by atoms with van der Waals surface area (Å²) in [4.78, 5) is 11.9. The number of carbonyl (C=O) groups excluding carboxylic acids is 1. The topological polar surface area (TPSA) is 20.3 Å². The number of hydrogen-bond acceptors (Lipinski definition) is 2. The van der Waals surface area contributed by atoms with Gasteiger partial charge in [0.25, 0.3) is 0 Å². The molecule has 0 aliphatic heterocycles. The SMILES string of the molecule is CC(=O)N(C)[C@@H](C)SCCC(F)(F)C(F)(F)C(F)(F)C(F)(F)C(F)(F)C(F)(F)F. The van der Waals surface area contributed by atoms with Crippen molar-refractivity contribution >= 4 is 17.7 Å². The van der Waals surface area contributed by atoms with Crippen LogP contribution >= 0.6 is 11.8 Å². The molecule has 0 heterocycles. The van der Waals surface area contributed by atoms with Gasteiger partial charge in [-0.05, 0) is 6.92 Å². The lowest BCUT2D eigenvalue weighted by Crippen LogP contribution is -2.70. The molecule has 0 aliphatic carbocycles. The van der Waals surface area contributed by atoms with Crippen molar-refractivity contribution in [3.05, 3.63) is 0 Å².